The van der Waals surface area contributed by atoms with Gasteiger partial charge in [-0.05, 0) is 66.4 Å². The summed E-state index contributed by atoms with van der Waals surface area (Å²) in [5.41, 5.74) is 3.91. The van der Waals surface area contributed by atoms with Gasteiger partial charge in [0, 0.05) is 21.4 Å². The maximum Gasteiger partial charge on any atom is 0.234 e. The molecule has 0 radical (unpaired) electrons. The molecule has 6 nitrogen and oxygen atoms in total. The molecule has 0 bridgehead atoms. The van der Waals surface area contributed by atoms with Crippen molar-refractivity contribution in [1.82, 2.24) is 14.8 Å². The van der Waals surface area contributed by atoms with Crippen LogP contribution >= 0.6 is 27.7 Å². The fourth-order valence-corrected chi connectivity index (χ4v) is 4.64. The van der Waals surface area contributed by atoms with Crippen molar-refractivity contribution in [2.45, 2.75) is 38.3 Å². The Hall–Kier alpha value is -3.10. The summed E-state index contributed by atoms with van der Waals surface area (Å²) in [4.78, 5) is 12.6. The second-order valence-electron chi connectivity index (χ2n) is 9.24. The first kappa shape index (κ1) is 26.0. The largest absolute Gasteiger partial charge is 0.494 e. The van der Waals surface area contributed by atoms with Gasteiger partial charge in [-0.2, -0.15) is 0 Å². The van der Waals surface area contributed by atoms with Gasteiger partial charge in [-0.3, -0.25) is 9.36 Å². The molecule has 8 heteroatoms. The maximum atomic E-state index is 12.6. The first-order valence-electron chi connectivity index (χ1n) is 11.7. The molecule has 0 unspecified atom stereocenters. The second kappa shape index (κ2) is 11.3. The zero-order chi connectivity index (χ0) is 25.7. The molecule has 36 heavy (non-hydrogen) atoms. The number of thioether (sulfide) groups is 1. The predicted octanol–water partition coefficient (Wildman–Crippen LogP) is 7.12. The molecule has 0 saturated heterocycles. The zero-order valence-corrected chi connectivity index (χ0v) is 23.2. The lowest BCUT2D eigenvalue weighted by Gasteiger charge is -2.19. The van der Waals surface area contributed by atoms with Crippen molar-refractivity contribution in [2.24, 2.45) is 0 Å². The SMILES string of the molecule is CCOc1ccc(-n2c(SCC(=O)Nc3ccc(Br)cc3)nnc2-c2ccc(C(C)(C)C)cc2)cc1. The Kier molecular flexibility index (Phi) is 8.16. The molecule has 0 fully saturated rings. The highest BCUT2D eigenvalue weighted by Gasteiger charge is 2.19. The Balaban J connectivity index is 1.62. The van der Waals surface area contributed by atoms with Crippen LogP contribution in [0.15, 0.2) is 82.4 Å². The van der Waals surface area contributed by atoms with Crippen LogP contribution in [0.1, 0.15) is 33.3 Å². The number of carbonyl (C=O) groups excluding carboxylic acids is 1. The van der Waals surface area contributed by atoms with Crippen LogP contribution in [0.4, 0.5) is 5.69 Å². The minimum atomic E-state index is -0.111. The van der Waals surface area contributed by atoms with Gasteiger partial charge in [0.2, 0.25) is 5.91 Å². The molecule has 0 aliphatic heterocycles. The molecule has 0 saturated carbocycles. The predicted molar refractivity (Wildman–Crippen MR) is 150 cm³/mol. The molecule has 0 atom stereocenters. The number of hydrogen-bond donors (Lipinski definition) is 1. The number of amides is 1. The van der Waals surface area contributed by atoms with E-state index in [-0.39, 0.29) is 17.1 Å². The monoisotopic (exact) mass is 564 g/mol. The van der Waals surface area contributed by atoms with Crippen LogP contribution < -0.4 is 10.1 Å². The Labute approximate surface area is 224 Å². The van der Waals surface area contributed by atoms with E-state index >= 15 is 0 Å². The van der Waals surface area contributed by atoms with E-state index in [1.54, 1.807) is 0 Å². The highest BCUT2D eigenvalue weighted by molar-refractivity contribution is 9.10. The number of aromatic nitrogens is 3. The molecule has 4 rings (SSSR count). The van der Waals surface area contributed by atoms with Gasteiger partial charge in [0.25, 0.3) is 0 Å². The summed E-state index contributed by atoms with van der Waals surface area (Å²) in [5, 5.41) is 12.5. The lowest BCUT2D eigenvalue weighted by atomic mass is 9.87. The smallest absolute Gasteiger partial charge is 0.234 e. The molecule has 4 aromatic rings. The summed E-state index contributed by atoms with van der Waals surface area (Å²) >= 11 is 4.76. The lowest BCUT2D eigenvalue weighted by molar-refractivity contribution is -0.113. The fourth-order valence-electron chi connectivity index (χ4n) is 3.62. The summed E-state index contributed by atoms with van der Waals surface area (Å²) in [7, 11) is 0. The summed E-state index contributed by atoms with van der Waals surface area (Å²) in [6, 6.07) is 23.7. The van der Waals surface area contributed by atoms with Crippen LogP contribution in [0.5, 0.6) is 5.75 Å². The number of ether oxygens (including phenoxy) is 1. The number of nitrogens with zero attached hydrogens (tertiary/aromatic N) is 3. The topological polar surface area (TPSA) is 69.0 Å². The van der Waals surface area contributed by atoms with Gasteiger partial charge in [0.05, 0.1) is 12.4 Å². The van der Waals surface area contributed by atoms with E-state index in [0.717, 1.165) is 33.0 Å². The molecule has 1 aromatic heterocycles. The molecule has 1 N–H and O–H groups in total. The highest BCUT2D eigenvalue weighted by atomic mass is 79.9. The number of anilines is 1. The van der Waals surface area contributed by atoms with Gasteiger partial charge in [-0.1, -0.05) is 72.7 Å². The van der Waals surface area contributed by atoms with Gasteiger partial charge >= 0.3 is 0 Å². The standard InChI is InChI=1S/C28H29BrN4O2S/c1-5-35-24-16-14-23(15-17-24)33-26(19-6-8-20(9-7-19)28(2,3)4)31-32-27(33)36-18-25(34)30-22-12-10-21(29)11-13-22/h6-17H,5,18H2,1-4H3,(H,30,34). The van der Waals surface area contributed by atoms with E-state index in [1.807, 2.05) is 60.0 Å². The van der Waals surface area contributed by atoms with E-state index in [9.17, 15) is 4.79 Å². The van der Waals surface area contributed by atoms with E-state index in [4.69, 9.17) is 4.74 Å². The van der Waals surface area contributed by atoms with E-state index in [0.29, 0.717) is 11.8 Å². The zero-order valence-electron chi connectivity index (χ0n) is 20.8. The minimum absolute atomic E-state index is 0.0600. The third kappa shape index (κ3) is 6.36. The van der Waals surface area contributed by atoms with E-state index in [1.165, 1.54) is 17.3 Å². The summed E-state index contributed by atoms with van der Waals surface area (Å²) < 4.78 is 8.55. The van der Waals surface area contributed by atoms with Gasteiger partial charge in [0.1, 0.15) is 5.75 Å². The molecule has 0 aliphatic carbocycles. The summed E-state index contributed by atoms with van der Waals surface area (Å²) in [6.45, 7) is 9.14. The van der Waals surface area contributed by atoms with Crippen LogP contribution in [-0.4, -0.2) is 33.0 Å². The Morgan fingerprint density at radius 1 is 0.972 bits per heavy atom. The van der Waals surface area contributed by atoms with Crippen LogP contribution in [0, 0.1) is 0 Å². The average molecular weight is 566 g/mol. The van der Waals surface area contributed by atoms with Gasteiger partial charge < -0.3 is 10.1 Å². The molecular weight excluding hydrogens is 536 g/mol. The van der Waals surface area contributed by atoms with Crippen molar-refractivity contribution in [1.29, 1.82) is 0 Å². The van der Waals surface area contributed by atoms with Gasteiger partial charge in [-0.15, -0.1) is 10.2 Å². The number of halogens is 1. The average Bonchev–Trinajstić information content (AvgIpc) is 3.28. The molecule has 3 aromatic carbocycles. The first-order chi connectivity index (χ1) is 17.2. The molecule has 1 amide bonds. The van der Waals surface area contributed by atoms with Crippen LogP contribution in [0.25, 0.3) is 17.1 Å². The number of nitrogens with one attached hydrogen (secondary N) is 1. The molecule has 0 aliphatic rings. The van der Waals surface area contributed by atoms with Crippen molar-refractivity contribution in [2.75, 3.05) is 17.7 Å². The van der Waals surface area contributed by atoms with Crippen molar-refractivity contribution >= 4 is 39.3 Å². The minimum Gasteiger partial charge on any atom is -0.494 e. The summed E-state index contributed by atoms with van der Waals surface area (Å²) in [6.07, 6.45) is 0. The first-order valence-corrected chi connectivity index (χ1v) is 13.5. The lowest BCUT2D eigenvalue weighted by Crippen LogP contribution is -2.14. The van der Waals surface area contributed by atoms with Crippen LogP contribution in [0.3, 0.4) is 0 Å². The highest BCUT2D eigenvalue weighted by Crippen LogP contribution is 2.31. The molecular formula is C28H29BrN4O2S. The fraction of sp³-hybridized carbons (Fsp3) is 0.250. The summed E-state index contributed by atoms with van der Waals surface area (Å²) in [5.74, 6) is 1.61. The Bertz CT molecular complexity index is 1310. The van der Waals surface area contributed by atoms with E-state index < -0.39 is 0 Å². The van der Waals surface area contributed by atoms with Crippen LogP contribution in [0.2, 0.25) is 0 Å². The van der Waals surface area contributed by atoms with Gasteiger partial charge in [-0.25, -0.2) is 0 Å². The third-order valence-electron chi connectivity index (χ3n) is 5.51. The maximum absolute atomic E-state index is 12.6. The molecule has 0 spiro atoms. The van der Waals surface area contributed by atoms with Crippen molar-refractivity contribution < 1.29 is 9.53 Å². The second-order valence-corrected chi connectivity index (χ2v) is 11.1. The number of benzene rings is 3. The van der Waals surface area contributed by atoms with Crippen molar-refractivity contribution in [3.63, 3.8) is 0 Å². The van der Waals surface area contributed by atoms with Gasteiger partial charge in [0.15, 0.2) is 11.0 Å². The van der Waals surface area contributed by atoms with E-state index in [2.05, 4.69) is 76.5 Å². The third-order valence-corrected chi connectivity index (χ3v) is 6.97. The number of hydrogen-bond acceptors (Lipinski definition) is 5. The number of carbonyl (C=O) groups is 1. The Morgan fingerprint density at radius 3 is 2.25 bits per heavy atom. The van der Waals surface area contributed by atoms with Crippen molar-refractivity contribution in [3.8, 4) is 22.8 Å². The Morgan fingerprint density at radius 2 is 1.64 bits per heavy atom. The quantitative estimate of drug-likeness (QED) is 0.230. The molecule has 186 valence electrons. The normalized spacial score (nSPS) is 11.4. The van der Waals surface area contributed by atoms with Crippen LogP contribution in [-0.2, 0) is 10.2 Å². The number of rotatable bonds is 8. The molecule has 1 heterocycles. The van der Waals surface area contributed by atoms with Crippen molar-refractivity contribution in [3.05, 3.63) is 82.8 Å².